The Labute approximate surface area is 113 Å². The second-order valence-electron chi connectivity index (χ2n) is 4.92. The van der Waals surface area contributed by atoms with Crippen LogP contribution in [0.25, 0.3) is 0 Å². The van der Waals surface area contributed by atoms with Crippen LogP contribution in [0.4, 0.5) is 10.5 Å². The van der Waals surface area contributed by atoms with E-state index in [1.807, 2.05) is 31.2 Å². The van der Waals surface area contributed by atoms with Crippen molar-refractivity contribution in [3.05, 3.63) is 29.8 Å². The smallest absolute Gasteiger partial charge is 0.319 e. The van der Waals surface area contributed by atoms with Crippen LogP contribution in [0.2, 0.25) is 0 Å². The summed E-state index contributed by atoms with van der Waals surface area (Å²) in [4.78, 5) is 11.7. The number of sulfone groups is 1. The van der Waals surface area contributed by atoms with E-state index < -0.39 is 9.84 Å². The van der Waals surface area contributed by atoms with Gasteiger partial charge in [0.05, 0.1) is 11.5 Å². The largest absolute Gasteiger partial charge is 0.338 e. The second kappa shape index (κ2) is 5.61. The lowest BCUT2D eigenvalue weighted by molar-refractivity contribution is 0.250. The highest BCUT2D eigenvalue weighted by Crippen LogP contribution is 2.17. The van der Waals surface area contributed by atoms with E-state index in [-0.39, 0.29) is 23.5 Å². The highest BCUT2D eigenvalue weighted by molar-refractivity contribution is 7.91. The van der Waals surface area contributed by atoms with Crippen molar-refractivity contribution in [3.8, 4) is 0 Å². The lowest BCUT2D eigenvalue weighted by atomic mass is 10.1. The van der Waals surface area contributed by atoms with Crippen molar-refractivity contribution in [3.63, 3.8) is 0 Å². The quantitative estimate of drug-likeness (QED) is 0.883. The van der Waals surface area contributed by atoms with Gasteiger partial charge in [-0.3, -0.25) is 0 Å². The summed E-state index contributed by atoms with van der Waals surface area (Å²) >= 11 is 0. The van der Waals surface area contributed by atoms with Gasteiger partial charge in [-0.15, -0.1) is 0 Å². The van der Waals surface area contributed by atoms with E-state index >= 15 is 0 Å². The molecule has 1 atom stereocenters. The van der Waals surface area contributed by atoms with Crippen molar-refractivity contribution >= 4 is 21.6 Å². The van der Waals surface area contributed by atoms with Crippen molar-refractivity contribution in [2.24, 2.45) is 5.92 Å². The molecule has 0 aromatic heterocycles. The van der Waals surface area contributed by atoms with E-state index in [9.17, 15) is 13.2 Å². The first-order chi connectivity index (χ1) is 8.96. The molecule has 2 N–H and O–H groups in total. The van der Waals surface area contributed by atoms with Gasteiger partial charge in [-0.05, 0) is 30.9 Å². The molecule has 0 bridgehead atoms. The van der Waals surface area contributed by atoms with Gasteiger partial charge in [-0.1, -0.05) is 18.2 Å². The van der Waals surface area contributed by atoms with Crippen LogP contribution in [0.5, 0.6) is 0 Å². The van der Waals surface area contributed by atoms with Crippen molar-refractivity contribution in [1.29, 1.82) is 0 Å². The van der Waals surface area contributed by atoms with Crippen molar-refractivity contribution in [2.75, 3.05) is 23.4 Å². The summed E-state index contributed by atoms with van der Waals surface area (Å²) in [5.74, 6) is 0.448. The standard InChI is InChI=1S/C13H18N2O3S/c1-10-4-2-3-5-12(10)15-13(16)14-8-11-6-7-19(17,18)9-11/h2-5,11H,6-9H2,1H3,(H2,14,15,16). The maximum absolute atomic E-state index is 11.7. The molecule has 1 heterocycles. The summed E-state index contributed by atoms with van der Waals surface area (Å²) < 4.78 is 22.6. The van der Waals surface area contributed by atoms with Gasteiger partial charge in [0.2, 0.25) is 0 Å². The number of nitrogens with one attached hydrogen (secondary N) is 2. The van der Waals surface area contributed by atoms with Gasteiger partial charge >= 0.3 is 6.03 Å². The van der Waals surface area contributed by atoms with Crippen molar-refractivity contribution < 1.29 is 13.2 Å². The molecule has 1 fully saturated rings. The van der Waals surface area contributed by atoms with Crippen LogP contribution in [0.15, 0.2) is 24.3 Å². The lowest BCUT2D eigenvalue weighted by Gasteiger charge is -2.12. The normalized spacial score (nSPS) is 21.0. The topological polar surface area (TPSA) is 75.3 Å². The predicted molar refractivity (Wildman–Crippen MR) is 75.0 cm³/mol. The molecule has 0 spiro atoms. The number of rotatable bonds is 3. The van der Waals surface area contributed by atoms with E-state index in [1.54, 1.807) is 0 Å². The second-order valence-corrected chi connectivity index (χ2v) is 7.15. The molecule has 2 amide bonds. The van der Waals surface area contributed by atoms with Gasteiger partial charge in [-0.25, -0.2) is 13.2 Å². The van der Waals surface area contributed by atoms with Crippen molar-refractivity contribution in [1.82, 2.24) is 5.32 Å². The fraction of sp³-hybridized carbons (Fsp3) is 0.462. The minimum absolute atomic E-state index is 0.0348. The van der Waals surface area contributed by atoms with Crippen LogP contribution in [-0.4, -0.2) is 32.5 Å². The molecule has 0 radical (unpaired) electrons. The molecular weight excluding hydrogens is 264 g/mol. The minimum Gasteiger partial charge on any atom is -0.338 e. The molecule has 0 aliphatic carbocycles. The average molecular weight is 282 g/mol. The molecule has 0 saturated carbocycles. The molecule has 1 saturated heterocycles. The van der Waals surface area contributed by atoms with E-state index in [1.165, 1.54) is 0 Å². The maximum Gasteiger partial charge on any atom is 0.319 e. The molecule has 2 rings (SSSR count). The Bertz CT molecular complexity index is 569. The van der Waals surface area contributed by atoms with Crippen LogP contribution < -0.4 is 10.6 Å². The third kappa shape index (κ3) is 3.96. The third-order valence-electron chi connectivity index (χ3n) is 3.27. The highest BCUT2D eigenvalue weighted by Gasteiger charge is 2.27. The fourth-order valence-electron chi connectivity index (χ4n) is 2.15. The summed E-state index contributed by atoms with van der Waals surface area (Å²) in [5.41, 5.74) is 1.75. The van der Waals surface area contributed by atoms with Gasteiger partial charge in [0.1, 0.15) is 0 Å². The fourth-order valence-corrected chi connectivity index (χ4v) is 4.01. The molecule has 5 nitrogen and oxygen atoms in total. The Morgan fingerprint density at radius 2 is 2.11 bits per heavy atom. The molecule has 104 valence electrons. The summed E-state index contributed by atoms with van der Waals surface area (Å²) in [6.45, 7) is 2.32. The first-order valence-electron chi connectivity index (χ1n) is 6.27. The monoisotopic (exact) mass is 282 g/mol. The van der Waals surface area contributed by atoms with E-state index in [4.69, 9.17) is 0 Å². The Morgan fingerprint density at radius 1 is 1.37 bits per heavy atom. The van der Waals surface area contributed by atoms with E-state index in [0.717, 1.165) is 11.3 Å². The van der Waals surface area contributed by atoms with Crippen LogP contribution >= 0.6 is 0 Å². The number of carbonyl (C=O) groups is 1. The number of anilines is 1. The number of benzene rings is 1. The Morgan fingerprint density at radius 3 is 2.74 bits per heavy atom. The Balaban J connectivity index is 1.81. The number of aryl methyl sites for hydroxylation is 1. The van der Waals surface area contributed by atoms with Crippen molar-refractivity contribution in [2.45, 2.75) is 13.3 Å². The molecule has 6 heteroatoms. The third-order valence-corrected chi connectivity index (χ3v) is 5.11. The SMILES string of the molecule is Cc1ccccc1NC(=O)NCC1CCS(=O)(=O)C1. The summed E-state index contributed by atoms with van der Waals surface area (Å²) in [6, 6.07) is 7.21. The number of hydrogen-bond acceptors (Lipinski definition) is 3. The molecular formula is C13H18N2O3S. The molecule has 1 aromatic rings. The summed E-state index contributed by atoms with van der Waals surface area (Å²) in [7, 11) is -2.88. The Hall–Kier alpha value is -1.56. The molecule has 19 heavy (non-hydrogen) atoms. The molecule has 1 unspecified atom stereocenters. The van der Waals surface area contributed by atoms with Gasteiger partial charge in [-0.2, -0.15) is 0 Å². The van der Waals surface area contributed by atoms with Crippen LogP contribution in [-0.2, 0) is 9.84 Å². The van der Waals surface area contributed by atoms with Gasteiger partial charge in [0, 0.05) is 12.2 Å². The van der Waals surface area contributed by atoms with Gasteiger partial charge < -0.3 is 10.6 Å². The van der Waals surface area contributed by atoms with E-state index in [2.05, 4.69) is 10.6 Å². The van der Waals surface area contributed by atoms with Gasteiger partial charge in [0.15, 0.2) is 9.84 Å². The lowest BCUT2D eigenvalue weighted by Crippen LogP contribution is -2.33. The molecule has 1 aromatic carbocycles. The maximum atomic E-state index is 11.7. The predicted octanol–water partition coefficient (Wildman–Crippen LogP) is 1.55. The number of urea groups is 1. The summed E-state index contributed by atoms with van der Waals surface area (Å²) in [6.07, 6.45) is 0.632. The highest BCUT2D eigenvalue weighted by atomic mass is 32.2. The first-order valence-corrected chi connectivity index (χ1v) is 8.09. The zero-order chi connectivity index (χ0) is 13.9. The van der Waals surface area contributed by atoms with Gasteiger partial charge in [0.25, 0.3) is 0 Å². The number of hydrogen-bond donors (Lipinski definition) is 2. The summed E-state index contributed by atoms with van der Waals surface area (Å²) in [5, 5.41) is 5.48. The number of carbonyl (C=O) groups excluding carboxylic acids is 1. The minimum atomic E-state index is -2.88. The number of amides is 2. The van der Waals surface area contributed by atoms with Crippen LogP contribution in [0.1, 0.15) is 12.0 Å². The molecule has 1 aliphatic rings. The van der Waals surface area contributed by atoms with Crippen LogP contribution in [0, 0.1) is 12.8 Å². The Kier molecular flexibility index (Phi) is 4.09. The zero-order valence-electron chi connectivity index (χ0n) is 10.8. The van der Waals surface area contributed by atoms with Crippen LogP contribution in [0.3, 0.4) is 0 Å². The van der Waals surface area contributed by atoms with E-state index in [0.29, 0.717) is 13.0 Å². The number of para-hydroxylation sites is 1. The first kappa shape index (κ1) is 13.9. The molecule has 1 aliphatic heterocycles. The average Bonchev–Trinajstić information content (AvgIpc) is 2.69. The zero-order valence-corrected chi connectivity index (χ0v) is 11.7.